The first kappa shape index (κ1) is 17.4. The topological polar surface area (TPSA) is 119 Å². The number of nitro groups is 1. The molecule has 124 valence electrons. The SMILES string of the molecule is CC(C)(C)c1nc(Sc2cccc(S(C)(=O)=O)c2[N+](=O)[O-])n[nH]1. The minimum Gasteiger partial charge on any atom is -0.262 e. The largest absolute Gasteiger partial charge is 0.301 e. The number of benzene rings is 1. The molecular weight excluding hydrogens is 340 g/mol. The second-order valence-corrected chi connectivity index (χ2v) is 8.94. The second kappa shape index (κ2) is 5.93. The zero-order valence-electron chi connectivity index (χ0n) is 13.0. The fourth-order valence-electron chi connectivity index (χ4n) is 1.79. The van der Waals surface area contributed by atoms with E-state index in [0.717, 1.165) is 18.0 Å². The van der Waals surface area contributed by atoms with E-state index in [0.29, 0.717) is 11.0 Å². The lowest BCUT2D eigenvalue weighted by molar-refractivity contribution is -0.390. The molecule has 0 unspecified atom stereocenters. The summed E-state index contributed by atoms with van der Waals surface area (Å²) >= 11 is 0.950. The van der Waals surface area contributed by atoms with Gasteiger partial charge in [-0.25, -0.2) is 13.4 Å². The van der Waals surface area contributed by atoms with Crippen LogP contribution in [-0.4, -0.2) is 34.8 Å². The van der Waals surface area contributed by atoms with Crippen LogP contribution in [0.25, 0.3) is 0 Å². The molecule has 2 rings (SSSR count). The molecule has 1 aromatic carbocycles. The first-order valence-corrected chi connectivity index (χ1v) is 9.29. The van der Waals surface area contributed by atoms with Crippen molar-refractivity contribution in [3.63, 3.8) is 0 Å². The quantitative estimate of drug-likeness (QED) is 0.660. The van der Waals surface area contributed by atoms with Crippen LogP contribution in [0.5, 0.6) is 0 Å². The van der Waals surface area contributed by atoms with E-state index >= 15 is 0 Å². The molecule has 0 fully saturated rings. The molecule has 10 heteroatoms. The third-order valence-electron chi connectivity index (χ3n) is 2.92. The van der Waals surface area contributed by atoms with Gasteiger partial charge in [-0.3, -0.25) is 15.2 Å². The first-order chi connectivity index (χ1) is 10.5. The number of nitrogens with zero attached hydrogens (tertiary/aromatic N) is 3. The number of aromatic amines is 1. The molecule has 0 saturated heterocycles. The van der Waals surface area contributed by atoms with E-state index < -0.39 is 20.4 Å². The predicted octanol–water partition coefficient (Wildman–Crippen LogP) is 2.57. The maximum atomic E-state index is 11.7. The highest BCUT2D eigenvalue weighted by molar-refractivity contribution is 7.99. The van der Waals surface area contributed by atoms with Crippen molar-refractivity contribution in [2.24, 2.45) is 0 Å². The number of H-pyrrole nitrogens is 1. The standard InChI is InChI=1S/C13H16N4O4S2/c1-13(2,3)11-14-12(16-15-11)22-8-6-5-7-9(23(4,20)21)10(8)17(18)19/h5-7H,1-4H3,(H,14,15,16). The van der Waals surface area contributed by atoms with Crippen molar-refractivity contribution in [1.29, 1.82) is 0 Å². The van der Waals surface area contributed by atoms with Crippen LogP contribution in [0, 0.1) is 10.1 Å². The number of sulfone groups is 1. The predicted molar refractivity (Wildman–Crippen MR) is 85.4 cm³/mol. The Morgan fingerprint density at radius 1 is 1.30 bits per heavy atom. The van der Waals surface area contributed by atoms with Crippen LogP contribution in [0.15, 0.2) is 33.1 Å². The van der Waals surface area contributed by atoms with Gasteiger partial charge in [-0.15, -0.1) is 5.10 Å². The third-order valence-corrected chi connectivity index (χ3v) is 4.96. The van der Waals surface area contributed by atoms with Crippen LogP contribution < -0.4 is 0 Å². The van der Waals surface area contributed by atoms with Gasteiger partial charge in [0.05, 0.1) is 9.82 Å². The average Bonchev–Trinajstić information content (AvgIpc) is 2.85. The summed E-state index contributed by atoms with van der Waals surface area (Å²) in [5.41, 5.74) is -0.700. The molecule has 0 radical (unpaired) electrons. The van der Waals surface area contributed by atoms with Crippen molar-refractivity contribution >= 4 is 27.3 Å². The molecular formula is C13H16N4O4S2. The lowest BCUT2D eigenvalue weighted by Crippen LogP contribution is -2.13. The van der Waals surface area contributed by atoms with E-state index in [-0.39, 0.29) is 15.2 Å². The van der Waals surface area contributed by atoms with Gasteiger partial charge in [0.15, 0.2) is 9.84 Å². The maximum Gasteiger partial charge on any atom is 0.301 e. The number of aromatic nitrogens is 3. The Balaban J connectivity index is 2.49. The highest BCUT2D eigenvalue weighted by Crippen LogP contribution is 2.37. The molecule has 0 amide bonds. The van der Waals surface area contributed by atoms with Crippen molar-refractivity contribution in [2.75, 3.05) is 6.26 Å². The zero-order chi connectivity index (χ0) is 17.4. The zero-order valence-corrected chi connectivity index (χ0v) is 14.7. The van der Waals surface area contributed by atoms with Gasteiger partial charge in [0.25, 0.3) is 0 Å². The Bertz CT molecular complexity index is 853. The van der Waals surface area contributed by atoms with Gasteiger partial charge < -0.3 is 0 Å². The normalized spacial score (nSPS) is 12.3. The summed E-state index contributed by atoms with van der Waals surface area (Å²) in [6.45, 7) is 5.86. The van der Waals surface area contributed by atoms with Crippen LogP contribution >= 0.6 is 11.8 Å². The molecule has 1 aromatic heterocycles. The summed E-state index contributed by atoms with van der Waals surface area (Å²) in [4.78, 5) is 14.8. The average molecular weight is 356 g/mol. The van der Waals surface area contributed by atoms with E-state index in [4.69, 9.17) is 0 Å². The molecule has 8 nitrogen and oxygen atoms in total. The Kier molecular flexibility index (Phi) is 4.49. The Labute approximate surface area is 137 Å². The summed E-state index contributed by atoms with van der Waals surface area (Å²) in [6.07, 6.45) is 0.939. The fraction of sp³-hybridized carbons (Fsp3) is 0.385. The summed E-state index contributed by atoms with van der Waals surface area (Å²) < 4.78 is 23.5. The Morgan fingerprint density at radius 2 is 1.96 bits per heavy atom. The van der Waals surface area contributed by atoms with E-state index in [1.807, 2.05) is 20.8 Å². The van der Waals surface area contributed by atoms with E-state index in [9.17, 15) is 18.5 Å². The van der Waals surface area contributed by atoms with Gasteiger partial charge >= 0.3 is 5.69 Å². The van der Waals surface area contributed by atoms with Gasteiger partial charge in [-0.05, 0) is 23.9 Å². The van der Waals surface area contributed by atoms with Crippen molar-refractivity contribution in [2.45, 2.75) is 41.1 Å². The number of para-hydroxylation sites is 1. The number of nitro benzene ring substituents is 1. The van der Waals surface area contributed by atoms with Gasteiger partial charge in [0.2, 0.25) is 5.16 Å². The van der Waals surface area contributed by atoms with Crippen LogP contribution in [0.1, 0.15) is 26.6 Å². The number of hydrogen-bond donors (Lipinski definition) is 1. The van der Waals surface area contributed by atoms with Crippen molar-refractivity contribution in [3.05, 3.63) is 34.1 Å². The van der Waals surface area contributed by atoms with Crippen molar-refractivity contribution in [1.82, 2.24) is 15.2 Å². The monoisotopic (exact) mass is 356 g/mol. The minimum absolute atomic E-state index is 0.178. The number of nitrogens with one attached hydrogen (secondary N) is 1. The molecule has 0 aliphatic rings. The molecule has 0 atom stereocenters. The second-order valence-electron chi connectivity index (χ2n) is 5.95. The highest BCUT2D eigenvalue weighted by atomic mass is 32.2. The molecule has 0 aliphatic carbocycles. The van der Waals surface area contributed by atoms with Crippen LogP contribution in [-0.2, 0) is 15.3 Å². The minimum atomic E-state index is -3.71. The molecule has 2 aromatic rings. The van der Waals surface area contributed by atoms with Crippen LogP contribution in [0.3, 0.4) is 0 Å². The smallest absolute Gasteiger partial charge is 0.262 e. The van der Waals surface area contributed by atoms with Gasteiger partial charge in [0, 0.05) is 11.7 Å². The van der Waals surface area contributed by atoms with Gasteiger partial charge in [-0.2, -0.15) is 0 Å². The first-order valence-electron chi connectivity index (χ1n) is 6.58. The van der Waals surface area contributed by atoms with E-state index in [1.165, 1.54) is 18.2 Å². The maximum absolute atomic E-state index is 11.7. The van der Waals surface area contributed by atoms with Gasteiger partial charge in [-0.1, -0.05) is 26.8 Å². The van der Waals surface area contributed by atoms with Crippen LogP contribution in [0.4, 0.5) is 5.69 Å². The molecule has 23 heavy (non-hydrogen) atoms. The highest BCUT2D eigenvalue weighted by Gasteiger charge is 2.27. The lowest BCUT2D eigenvalue weighted by atomic mass is 9.96. The molecule has 1 heterocycles. The van der Waals surface area contributed by atoms with E-state index in [1.54, 1.807) is 0 Å². The van der Waals surface area contributed by atoms with Crippen molar-refractivity contribution < 1.29 is 13.3 Å². The lowest BCUT2D eigenvalue weighted by Gasteiger charge is -2.12. The summed E-state index contributed by atoms with van der Waals surface area (Å²) in [6, 6.07) is 4.16. The fourth-order valence-corrected chi connectivity index (χ4v) is 3.57. The van der Waals surface area contributed by atoms with Crippen molar-refractivity contribution in [3.8, 4) is 0 Å². The molecule has 1 N–H and O–H groups in total. The molecule has 0 aliphatic heterocycles. The third kappa shape index (κ3) is 3.88. The molecule has 0 bridgehead atoms. The van der Waals surface area contributed by atoms with Gasteiger partial charge in [0.1, 0.15) is 10.7 Å². The van der Waals surface area contributed by atoms with E-state index in [2.05, 4.69) is 15.2 Å². The Hall–Kier alpha value is -1.94. The summed E-state index contributed by atoms with van der Waals surface area (Å²) in [5, 5.41) is 18.4. The number of rotatable bonds is 4. The summed E-state index contributed by atoms with van der Waals surface area (Å²) in [7, 11) is -3.71. The molecule has 0 spiro atoms. The molecule has 0 saturated carbocycles. The summed E-state index contributed by atoms with van der Waals surface area (Å²) in [5.74, 6) is 0.641. The Morgan fingerprint density at radius 3 is 2.43 bits per heavy atom. The number of hydrogen-bond acceptors (Lipinski definition) is 7. The van der Waals surface area contributed by atoms with Crippen LogP contribution in [0.2, 0.25) is 0 Å².